The number of nitrogens with one attached hydrogen (secondary N) is 3. The molecule has 2 aromatic rings. The molecule has 0 fully saturated rings. The Balaban J connectivity index is 2.41. The Kier molecular flexibility index (Phi) is 4.37. The molecule has 0 atom stereocenters. The fraction of sp³-hybridized carbons (Fsp3) is 0.143. The van der Waals surface area contributed by atoms with Gasteiger partial charge in [0.05, 0.1) is 5.56 Å². The van der Waals surface area contributed by atoms with E-state index in [0.717, 1.165) is 10.4 Å². The summed E-state index contributed by atoms with van der Waals surface area (Å²) < 4.78 is 0. The first kappa shape index (κ1) is 14.1. The van der Waals surface area contributed by atoms with Crippen LogP contribution in [0.1, 0.15) is 10.4 Å². The van der Waals surface area contributed by atoms with E-state index in [-0.39, 0.29) is 11.9 Å². The number of carbonyl (C=O) groups is 2. The van der Waals surface area contributed by atoms with Gasteiger partial charge in [-0.2, -0.15) is 0 Å². The Labute approximate surface area is 121 Å². The van der Waals surface area contributed by atoms with Crippen LogP contribution in [0, 0.1) is 0 Å². The summed E-state index contributed by atoms with van der Waals surface area (Å²) in [7, 11) is 3.09. The Bertz CT molecular complexity index is 623. The molecular weight excluding hydrogens is 274 g/mol. The summed E-state index contributed by atoms with van der Waals surface area (Å²) in [5.74, 6) is -0.227. The van der Waals surface area contributed by atoms with Gasteiger partial charge in [0.1, 0.15) is 5.00 Å². The number of amides is 3. The summed E-state index contributed by atoms with van der Waals surface area (Å²) in [6.45, 7) is 0. The van der Waals surface area contributed by atoms with Crippen molar-refractivity contribution in [3.8, 4) is 10.4 Å². The van der Waals surface area contributed by atoms with Gasteiger partial charge in [-0.3, -0.25) is 10.1 Å². The smallest absolute Gasteiger partial charge is 0.319 e. The first-order valence-corrected chi connectivity index (χ1v) is 6.87. The lowest BCUT2D eigenvalue weighted by Crippen LogP contribution is -2.26. The minimum Gasteiger partial charge on any atom is -0.355 e. The van der Waals surface area contributed by atoms with E-state index in [9.17, 15) is 9.59 Å². The van der Waals surface area contributed by atoms with Crippen LogP contribution in [-0.2, 0) is 0 Å². The van der Waals surface area contributed by atoms with Crippen molar-refractivity contribution in [2.45, 2.75) is 0 Å². The van der Waals surface area contributed by atoms with E-state index >= 15 is 0 Å². The predicted molar refractivity (Wildman–Crippen MR) is 81.2 cm³/mol. The number of anilines is 1. The van der Waals surface area contributed by atoms with Crippen LogP contribution in [0.4, 0.5) is 9.80 Å². The first-order valence-electron chi connectivity index (χ1n) is 6.05. The van der Waals surface area contributed by atoms with Crippen molar-refractivity contribution in [2.24, 2.45) is 0 Å². The van der Waals surface area contributed by atoms with Gasteiger partial charge in [-0.15, -0.1) is 11.3 Å². The van der Waals surface area contributed by atoms with E-state index in [4.69, 9.17) is 0 Å². The lowest BCUT2D eigenvalue weighted by atomic mass is 10.1. The summed E-state index contributed by atoms with van der Waals surface area (Å²) >= 11 is 1.37. The molecule has 3 amide bonds. The van der Waals surface area contributed by atoms with Gasteiger partial charge in [-0.25, -0.2) is 4.79 Å². The molecule has 1 aromatic heterocycles. The third-order valence-electron chi connectivity index (χ3n) is 2.72. The molecule has 2 rings (SSSR count). The molecule has 0 saturated carbocycles. The van der Waals surface area contributed by atoms with E-state index in [1.165, 1.54) is 18.4 Å². The molecule has 104 valence electrons. The summed E-state index contributed by atoms with van der Waals surface area (Å²) in [6.07, 6.45) is 0. The zero-order valence-corrected chi connectivity index (χ0v) is 12.0. The van der Waals surface area contributed by atoms with Gasteiger partial charge in [0.15, 0.2) is 0 Å². The van der Waals surface area contributed by atoms with Crippen LogP contribution < -0.4 is 16.0 Å². The minimum atomic E-state index is -0.350. The first-order chi connectivity index (χ1) is 9.65. The number of hydrogen-bond donors (Lipinski definition) is 3. The quantitative estimate of drug-likeness (QED) is 0.812. The number of thiophene rings is 1. The summed E-state index contributed by atoms with van der Waals surface area (Å²) in [4.78, 5) is 24.2. The van der Waals surface area contributed by atoms with E-state index < -0.39 is 0 Å². The monoisotopic (exact) mass is 289 g/mol. The summed E-state index contributed by atoms with van der Waals surface area (Å²) in [6, 6.07) is 11.1. The predicted octanol–water partition coefficient (Wildman–Crippen LogP) is 2.53. The van der Waals surface area contributed by atoms with Gasteiger partial charge in [-0.1, -0.05) is 30.3 Å². The lowest BCUT2D eigenvalue weighted by Gasteiger charge is -2.04. The van der Waals surface area contributed by atoms with Crippen LogP contribution in [0.25, 0.3) is 10.4 Å². The number of benzene rings is 1. The molecule has 3 N–H and O–H groups in total. The summed E-state index contributed by atoms with van der Waals surface area (Å²) in [5.41, 5.74) is 1.47. The minimum absolute atomic E-state index is 0.227. The maximum Gasteiger partial charge on any atom is 0.319 e. The van der Waals surface area contributed by atoms with E-state index in [2.05, 4.69) is 16.0 Å². The molecule has 0 spiro atoms. The van der Waals surface area contributed by atoms with E-state index in [1.54, 1.807) is 13.1 Å². The standard InChI is InChI=1S/C14H15N3O2S/c1-15-12(18)10-8-11(9-6-4-3-5-7-9)20-13(10)17-14(19)16-2/h3-8H,1-2H3,(H,15,18)(H2,16,17,19). The lowest BCUT2D eigenvalue weighted by molar-refractivity contribution is 0.0964. The maximum absolute atomic E-state index is 11.9. The van der Waals surface area contributed by atoms with Crippen molar-refractivity contribution in [1.29, 1.82) is 0 Å². The molecule has 0 bridgehead atoms. The average molecular weight is 289 g/mol. The number of urea groups is 1. The second-order valence-corrected chi connectivity index (χ2v) is 5.05. The fourth-order valence-corrected chi connectivity index (χ4v) is 2.75. The van der Waals surface area contributed by atoms with Gasteiger partial charge in [0, 0.05) is 19.0 Å². The highest BCUT2D eigenvalue weighted by molar-refractivity contribution is 7.20. The second kappa shape index (κ2) is 6.21. The molecule has 5 nitrogen and oxygen atoms in total. The molecule has 0 aliphatic carbocycles. The van der Waals surface area contributed by atoms with E-state index in [1.807, 2.05) is 30.3 Å². The fourth-order valence-electron chi connectivity index (χ4n) is 1.70. The average Bonchev–Trinajstić information content (AvgIpc) is 2.91. The Hall–Kier alpha value is -2.34. The van der Waals surface area contributed by atoms with Crippen LogP contribution in [-0.4, -0.2) is 26.0 Å². The van der Waals surface area contributed by atoms with E-state index in [0.29, 0.717) is 10.6 Å². The highest BCUT2D eigenvalue weighted by atomic mass is 32.1. The van der Waals surface area contributed by atoms with Gasteiger partial charge in [0.2, 0.25) is 0 Å². The van der Waals surface area contributed by atoms with Crippen molar-refractivity contribution < 1.29 is 9.59 Å². The van der Waals surface area contributed by atoms with Crippen LogP contribution in [0.15, 0.2) is 36.4 Å². The SMILES string of the molecule is CNC(=O)Nc1sc(-c2ccccc2)cc1C(=O)NC. The number of rotatable bonds is 3. The second-order valence-electron chi connectivity index (χ2n) is 4.00. The van der Waals surface area contributed by atoms with Crippen LogP contribution in [0.2, 0.25) is 0 Å². The largest absolute Gasteiger partial charge is 0.355 e. The van der Waals surface area contributed by atoms with Crippen molar-refractivity contribution in [3.05, 3.63) is 42.0 Å². The van der Waals surface area contributed by atoms with Crippen molar-refractivity contribution in [3.63, 3.8) is 0 Å². The van der Waals surface area contributed by atoms with Crippen molar-refractivity contribution in [2.75, 3.05) is 19.4 Å². The summed E-state index contributed by atoms with van der Waals surface area (Å²) in [5, 5.41) is 8.25. The zero-order chi connectivity index (χ0) is 14.5. The van der Waals surface area contributed by atoms with Gasteiger partial charge < -0.3 is 10.6 Å². The normalized spacial score (nSPS) is 9.90. The van der Waals surface area contributed by atoms with Crippen molar-refractivity contribution in [1.82, 2.24) is 10.6 Å². The molecule has 0 aliphatic heterocycles. The van der Waals surface area contributed by atoms with Crippen LogP contribution >= 0.6 is 11.3 Å². The third-order valence-corrected chi connectivity index (χ3v) is 3.82. The van der Waals surface area contributed by atoms with Crippen LogP contribution in [0.5, 0.6) is 0 Å². The molecule has 0 aliphatic rings. The number of hydrogen-bond acceptors (Lipinski definition) is 3. The highest BCUT2D eigenvalue weighted by Gasteiger charge is 2.17. The molecule has 20 heavy (non-hydrogen) atoms. The van der Waals surface area contributed by atoms with Gasteiger partial charge in [0.25, 0.3) is 5.91 Å². The number of carbonyl (C=O) groups excluding carboxylic acids is 2. The molecule has 0 saturated heterocycles. The highest BCUT2D eigenvalue weighted by Crippen LogP contribution is 2.35. The Morgan fingerprint density at radius 3 is 2.35 bits per heavy atom. The van der Waals surface area contributed by atoms with Gasteiger partial charge >= 0.3 is 6.03 Å². The topological polar surface area (TPSA) is 70.2 Å². The molecule has 1 aromatic carbocycles. The molecule has 0 radical (unpaired) electrons. The third kappa shape index (κ3) is 2.97. The molecular formula is C14H15N3O2S. The Morgan fingerprint density at radius 2 is 1.75 bits per heavy atom. The molecule has 0 unspecified atom stereocenters. The maximum atomic E-state index is 11.9. The van der Waals surface area contributed by atoms with Crippen LogP contribution in [0.3, 0.4) is 0 Å². The van der Waals surface area contributed by atoms with Gasteiger partial charge in [-0.05, 0) is 11.6 Å². The van der Waals surface area contributed by atoms with Crippen molar-refractivity contribution >= 4 is 28.3 Å². The Morgan fingerprint density at radius 1 is 1.05 bits per heavy atom. The zero-order valence-electron chi connectivity index (χ0n) is 11.2. The molecule has 1 heterocycles. The molecule has 6 heteroatoms.